The van der Waals surface area contributed by atoms with Crippen LogP contribution in [-0.4, -0.2) is 36.0 Å². The third-order valence-corrected chi connectivity index (χ3v) is 4.96. The Hall–Kier alpha value is -3.35. The molecule has 7 heteroatoms. The zero-order valence-electron chi connectivity index (χ0n) is 16.4. The van der Waals surface area contributed by atoms with E-state index in [4.69, 9.17) is 4.74 Å². The van der Waals surface area contributed by atoms with Crippen LogP contribution in [0.15, 0.2) is 53.7 Å². The van der Waals surface area contributed by atoms with E-state index in [2.05, 4.69) is 5.32 Å². The lowest BCUT2D eigenvalue weighted by Gasteiger charge is -2.35. The van der Waals surface area contributed by atoms with Gasteiger partial charge >= 0.3 is 12.0 Å². The van der Waals surface area contributed by atoms with Gasteiger partial charge in [0.25, 0.3) is 0 Å². The van der Waals surface area contributed by atoms with E-state index in [1.807, 2.05) is 42.5 Å². The van der Waals surface area contributed by atoms with Crippen LogP contribution in [0.25, 0.3) is 10.8 Å². The molecular weight excluding hydrogens is 372 g/mol. The number of rotatable bonds is 7. The number of nitrogens with one attached hydrogen (secondary N) is 1. The summed E-state index contributed by atoms with van der Waals surface area (Å²) in [5.41, 5.74) is 1.58. The molecule has 0 bridgehead atoms. The van der Waals surface area contributed by atoms with E-state index < -0.39 is 18.0 Å². The van der Waals surface area contributed by atoms with E-state index in [0.717, 1.165) is 16.3 Å². The molecule has 3 rings (SSSR count). The van der Waals surface area contributed by atoms with Gasteiger partial charge in [-0.2, -0.15) is 0 Å². The summed E-state index contributed by atoms with van der Waals surface area (Å²) in [6, 6.07) is 12.6. The lowest BCUT2D eigenvalue weighted by molar-refractivity contribution is -0.305. The van der Waals surface area contributed by atoms with Crippen molar-refractivity contribution in [1.82, 2.24) is 10.2 Å². The van der Waals surface area contributed by atoms with Crippen LogP contribution < -0.4 is 10.4 Å². The molecular formula is C22H23N2O5-. The maximum absolute atomic E-state index is 12.7. The number of allylic oxidation sites excluding steroid dienone is 1. The Morgan fingerprint density at radius 3 is 2.59 bits per heavy atom. The van der Waals surface area contributed by atoms with Gasteiger partial charge in [-0.25, -0.2) is 9.59 Å². The van der Waals surface area contributed by atoms with Crippen molar-refractivity contribution in [2.45, 2.75) is 32.7 Å². The molecule has 0 saturated carbocycles. The van der Waals surface area contributed by atoms with Crippen LogP contribution in [0.2, 0.25) is 0 Å². The van der Waals surface area contributed by atoms with Crippen LogP contribution in [0.4, 0.5) is 4.79 Å². The SMILES string of the molecule is CCOC(=O)C1=C(C)N(CCCC(=O)[O-])C(=O)N[C@@H]1c1ccc2ccccc2c1. The van der Waals surface area contributed by atoms with E-state index in [1.165, 1.54) is 4.90 Å². The summed E-state index contributed by atoms with van der Waals surface area (Å²) in [5.74, 6) is -1.68. The summed E-state index contributed by atoms with van der Waals surface area (Å²) in [6.07, 6.45) is 0.0593. The second kappa shape index (κ2) is 8.77. The Balaban J connectivity index is 2.00. The number of carbonyl (C=O) groups excluding carboxylic acids is 3. The first-order valence-electron chi connectivity index (χ1n) is 9.56. The van der Waals surface area contributed by atoms with Crippen LogP contribution in [0.3, 0.4) is 0 Å². The van der Waals surface area contributed by atoms with Gasteiger partial charge in [0.1, 0.15) is 0 Å². The van der Waals surface area contributed by atoms with Gasteiger partial charge in [-0.3, -0.25) is 4.90 Å². The summed E-state index contributed by atoms with van der Waals surface area (Å²) in [4.78, 5) is 37.5. The van der Waals surface area contributed by atoms with Crippen LogP contribution in [-0.2, 0) is 14.3 Å². The van der Waals surface area contributed by atoms with Crippen LogP contribution in [0, 0.1) is 0 Å². The third kappa shape index (κ3) is 4.39. The van der Waals surface area contributed by atoms with Crippen molar-refractivity contribution in [3.05, 3.63) is 59.3 Å². The number of esters is 1. The lowest BCUT2D eigenvalue weighted by Crippen LogP contribution is -2.48. The minimum atomic E-state index is -1.18. The van der Waals surface area contributed by atoms with Crippen LogP contribution in [0.5, 0.6) is 0 Å². The number of aliphatic carboxylic acids is 1. The first kappa shape index (κ1) is 20.4. The zero-order valence-corrected chi connectivity index (χ0v) is 16.4. The van der Waals surface area contributed by atoms with Gasteiger partial charge in [0.05, 0.1) is 18.2 Å². The van der Waals surface area contributed by atoms with Crippen molar-refractivity contribution in [3.63, 3.8) is 0 Å². The van der Waals surface area contributed by atoms with E-state index >= 15 is 0 Å². The summed E-state index contributed by atoms with van der Waals surface area (Å²) < 4.78 is 5.24. The van der Waals surface area contributed by atoms with Gasteiger partial charge in [-0.05, 0) is 49.1 Å². The van der Waals surface area contributed by atoms with E-state index in [-0.39, 0.29) is 32.0 Å². The predicted octanol–water partition coefficient (Wildman–Crippen LogP) is 2.27. The second-order valence-corrected chi connectivity index (χ2v) is 6.84. The lowest BCUT2D eigenvalue weighted by atomic mass is 9.93. The molecule has 0 saturated heterocycles. The zero-order chi connectivity index (χ0) is 21.0. The van der Waals surface area contributed by atoms with Crippen molar-refractivity contribution < 1.29 is 24.2 Å². The molecule has 0 fully saturated rings. The number of carbonyl (C=O) groups is 3. The molecule has 2 aromatic rings. The summed E-state index contributed by atoms with van der Waals surface area (Å²) in [6.45, 7) is 3.77. The molecule has 0 spiro atoms. The Kier molecular flexibility index (Phi) is 6.16. The molecule has 152 valence electrons. The fraction of sp³-hybridized carbons (Fsp3) is 0.318. The number of benzene rings is 2. The molecule has 2 amide bonds. The maximum atomic E-state index is 12.7. The highest BCUT2D eigenvalue weighted by atomic mass is 16.5. The smallest absolute Gasteiger partial charge is 0.338 e. The largest absolute Gasteiger partial charge is 0.550 e. The quantitative estimate of drug-likeness (QED) is 0.725. The number of carboxylic acids is 1. The van der Waals surface area contributed by atoms with Gasteiger partial charge in [0.2, 0.25) is 0 Å². The molecule has 0 unspecified atom stereocenters. The first-order valence-corrected chi connectivity index (χ1v) is 9.56. The van der Waals surface area contributed by atoms with Crippen molar-refractivity contribution in [1.29, 1.82) is 0 Å². The average molecular weight is 395 g/mol. The Morgan fingerprint density at radius 1 is 1.17 bits per heavy atom. The van der Waals surface area contributed by atoms with Gasteiger partial charge in [-0.15, -0.1) is 0 Å². The fourth-order valence-electron chi connectivity index (χ4n) is 3.54. The number of carboxylic acid groups (broad SMARTS) is 1. The highest BCUT2D eigenvalue weighted by Crippen LogP contribution is 2.33. The molecule has 1 aliphatic heterocycles. The molecule has 1 atom stereocenters. The number of fused-ring (bicyclic) bond motifs is 1. The highest BCUT2D eigenvalue weighted by Gasteiger charge is 2.36. The monoisotopic (exact) mass is 395 g/mol. The van der Waals surface area contributed by atoms with E-state index in [9.17, 15) is 19.5 Å². The Bertz CT molecular complexity index is 982. The van der Waals surface area contributed by atoms with Crippen molar-refractivity contribution in [2.24, 2.45) is 0 Å². The molecule has 0 aromatic heterocycles. The van der Waals surface area contributed by atoms with Crippen LogP contribution in [0.1, 0.15) is 38.3 Å². The van der Waals surface area contributed by atoms with Gasteiger partial charge in [0, 0.05) is 18.2 Å². The average Bonchev–Trinajstić information content (AvgIpc) is 2.69. The van der Waals surface area contributed by atoms with Crippen molar-refractivity contribution in [3.8, 4) is 0 Å². The number of nitrogens with zero attached hydrogens (tertiary/aromatic N) is 1. The molecule has 1 heterocycles. The molecule has 1 N–H and O–H groups in total. The van der Waals surface area contributed by atoms with Crippen molar-refractivity contribution in [2.75, 3.05) is 13.2 Å². The minimum Gasteiger partial charge on any atom is -0.550 e. The molecule has 0 aliphatic carbocycles. The van der Waals surface area contributed by atoms with E-state index in [0.29, 0.717) is 11.3 Å². The molecule has 1 aliphatic rings. The van der Waals surface area contributed by atoms with Gasteiger partial charge in [0.15, 0.2) is 0 Å². The normalized spacial score (nSPS) is 16.7. The van der Waals surface area contributed by atoms with Gasteiger partial charge in [-0.1, -0.05) is 36.4 Å². The molecule has 29 heavy (non-hydrogen) atoms. The first-order chi connectivity index (χ1) is 13.9. The second-order valence-electron chi connectivity index (χ2n) is 6.84. The predicted molar refractivity (Wildman–Crippen MR) is 106 cm³/mol. The number of ether oxygens (including phenoxy) is 1. The summed E-state index contributed by atoms with van der Waals surface area (Å²) >= 11 is 0. The fourth-order valence-corrected chi connectivity index (χ4v) is 3.54. The topological polar surface area (TPSA) is 98.8 Å². The van der Waals surface area contributed by atoms with Crippen LogP contribution >= 0.6 is 0 Å². The number of amides is 2. The highest BCUT2D eigenvalue weighted by molar-refractivity contribution is 5.95. The van der Waals surface area contributed by atoms with Crippen molar-refractivity contribution >= 4 is 28.7 Å². The van der Waals surface area contributed by atoms with Gasteiger partial charge < -0.3 is 20.0 Å². The number of hydrogen-bond donors (Lipinski definition) is 1. The maximum Gasteiger partial charge on any atom is 0.338 e. The minimum absolute atomic E-state index is 0.166. The Morgan fingerprint density at radius 2 is 1.90 bits per heavy atom. The standard InChI is InChI=1S/C22H24N2O5/c1-3-29-21(27)19-14(2)24(12-6-9-18(25)26)22(28)23-20(19)17-11-10-15-7-4-5-8-16(15)13-17/h4-5,7-8,10-11,13,20H,3,6,9,12H2,1-2H3,(H,23,28)(H,25,26)/p-1/t20-/m1/s1. The summed E-state index contributed by atoms with van der Waals surface area (Å²) in [7, 11) is 0. The molecule has 2 aromatic carbocycles. The van der Waals surface area contributed by atoms with E-state index in [1.54, 1.807) is 13.8 Å². The molecule has 0 radical (unpaired) electrons. The molecule has 7 nitrogen and oxygen atoms in total. The summed E-state index contributed by atoms with van der Waals surface area (Å²) in [5, 5.41) is 15.6. The number of urea groups is 1. The Labute approximate surface area is 168 Å². The third-order valence-electron chi connectivity index (χ3n) is 4.96. The number of hydrogen-bond acceptors (Lipinski definition) is 5.